The minimum absolute atomic E-state index is 1.23. The van der Waals surface area contributed by atoms with Gasteiger partial charge < -0.3 is 0 Å². The molecule has 0 saturated carbocycles. The molecule has 0 amide bonds. The standard InChI is InChI=1S/C52H30S2/c1-2-10-34-29-36(22-19-31(34)9-1)50-39-13-5-3-11-37(39)49(38-12-4-6-14-40(38)50)33-20-17-32(18-21-33)35-23-27-47-45(30-35)43-25-24-41-42(52(43)54-47)26-28-48-51(41)44-15-7-8-16-46(44)53-48/h1-30H. The van der Waals surface area contributed by atoms with Gasteiger partial charge in [-0.1, -0.05) is 152 Å². The number of rotatable bonds is 3. The van der Waals surface area contributed by atoms with Crippen molar-refractivity contribution in [3.05, 3.63) is 182 Å². The predicted octanol–water partition coefficient (Wildman–Crippen LogP) is 16.0. The smallest absolute Gasteiger partial charge is 0.0434 e. The van der Waals surface area contributed by atoms with E-state index in [0.29, 0.717) is 0 Å². The minimum Gasteiger partial charge on any atom is -0.135 e. The van der Waals surface area contributed by atoms with Crippen LogP contribution in [-0.4, -0.2) is 0 Å². The molecule has 54 heavy (non-hydrogen) atoms. The van der Waals surface area contributed by atoms with Gasteiger partial charge in [0.05, 0.1) is 0 Å². The van der Waals surface area contributed by atoms with Crippen molar-refractivity contribution >= 4 is 106 Å². The molecule has 0 radical (unpaired) electrons. The van der Waals surface area contributed by atoms with Crippen LogP contribution in [0.5, 0.6) is 0 Å². The van der Waals surface area contributed by atoms with E-state index in [-0.39, 0.29) is 0 Å². The lowest BCUT2D eigenvalue weighted by molar-refractivity contribution is 1.63. The molecule has 0 aliphatic carbocycles. The molecule has 2 heterocycles. The van der Waals surface area contributed by atoms with Gasteiger partial charge in [-0.15, -0.1) is 22.7 Å². The topological polar surface area (TPSA) is 0 Å². The third-order valence-electron chi connectivity index (χ3n) is 11.4. The molecule has 2 heteroatoms. The van der Waals surface area contributed by atoms with Gasteiger partial charge in [0.25, 0.3) is 0 Å². The molecule has 0 fully saturated rings. The van der Waals surface area contributed by atoms with Gasteiger partial charge in [-0.3, -0.25) is 0 Å². The first kappa shape index (κ1) is 30.2. The Morgan fingerprint density at radius 1 is 0.259 bits per heavy atom. The average Bonchev–Trinajstić information content (AvgIpc) is 3.81. The Labute approximate surface area is 319 Å². The van der Waals surface area contributed by atoms with E-state index >= 15 is 0 Å². The Balaban J connectivity index is 0.986. The summed E-state index contributed by atoms with van der Waals surface area (Å²) in [5.41, 5.74) is 7.54. The lowest BCUT2D eigenvalue weighted by Gasteiger charge is -2.18. The predicted molar refractivity (Wildman–Crippen MR) is 239 cm³/mol. The van der Waals surface area contributed by atoms with Crippen LogP contribution in [0.2, 0.25) is 0 Å². The van der Waals surface area contributed by atoms with Crippen LogP contribution in [0, 0.1) is 0 Å². The first-order valence-corrected chi connectivity index (χ1v) is 20.1. The van der Waals surface area contributed by atoms with E-state index in [1.165, 1.54) is 117 Å². The number of fused-ring (bicyclic) bond motifs is 12. The summed E-state index contributed by atoms with van der Waals surface area (Å²) in [5, 5.41) is 15.7. The van der Waals surface area contributed by atoms with Crippen LogP contribution < -0.4 is 0 Å². The number of thiophene rings is 2. The van der Waals surface area contributed by atoms with Gasteiger partial charge in [0.2, 0.25) is 0 Å². The van der Waals surface area contributed by atoms with Crippen LogP contribution in [0.4, 0.5) is 0 Å². The van der Waals surface area contributed by atoms with Crippen molar-refractivity contribution in [3.63, 3.8) is 0 Å². The molecule has 10 aromatic carbocycles. The molecule has 0 bridgehead atoms. The average molecular weight is 719 g/mol. The molecule has 0 aliphatic rings. The first-order valence-electron chi connectivity index (χ1n) is 18.5. The van der Waals surface area contributed by atoms with Gasteiger partial charge in [-0.05, 0) is 101 Å². The van der Waals surface area contributed by atoms with Crippen molar-refractivity contribution in [2.75, 3.05) is 0 Å². The summed E-state index contributed by atoms with van der Waals surface area (Å²) in [7, 11) is 0. The molecule has 0 N–H and O–H groups in total. The Hall–Kier alpha value is -6.32. The molecule has 0 aliphatic heterocycles. The monoisotopic (exact) mass is 718 g/mol. The molecular formula is C52H30S2. The van der Waals surface area contributed by atoms with Crippen LogP contribution >= 0.6 is 22.7 Å². The summed E-state index contributed by atoms with van der Waals surface area (Å²) >= 11 is 3.81. The van der Waals surface area contributed by atoms with E-state index in [9.17, 15) is 0 Å². The molecule has 12 rings (SSSR count). The molecule has 250 valence electrons. The first-order chi connectivity index (χ1) is 26.8. The number of benzene rings is 10. The largest absolute Gasteiger partial charge is 0.135 e. The van der Waals surface area contributed by atoms with Crippen molar-refractivity contribution in [1.29, 1.82) is 0 Å². The minimum atomic E-state index is 1.23. The maximum Gasteiger partial charge on any atom is 0.0434 e. The zero-order valence-corrected chi connectivity index (χ0v) is 30.8. The second-order valence-electron chi connectivity index (χ2n) is 14.4. The van der Waals surface area contributed by atoms with E-state index < -0.39 is 0 Å². The Bertz CT molecular complexity index is 3430. The van der Waals surface area contributed by atoms with Gasteiger partial charge in [0.1, 0.15) is 0 Å². The highest BCUT2D eigenvalue weighted by atomic mass is 32.1. The summed E-state index contributed by atoms with van der Waals surface area (Å²) < 4.78 is 5.42. The second kappa shape index (κ2) is 11.6. The van der Waals surface area contributed by atoms with Crippen LogP contribution in [-0.2, 0) is 0 Å². The summed E-state index contributed by atoms with van der Waals surface area (Å²) in [5.74, 6) is 0. The van der Waals surface area contributed by atoms with E-state index in [1.807, 2.05) is 22.7 Å². The zero-order valence-electron chi connectivity index (χ0n) is 29.1. The van der Waals surface area contributed by atoms with Gasteiger partial charge in [0, 0.05) is 45.7 Å². The van der Waals surface area contributed by atoms with E-state index in [0.717, 1.165) is 0 Å². The molecule has 0 saturated heterocycles. The van der Waals surface area contributed by atoms with Crippen LogP contribution in [0.1, 0.15) is 0 Å². The highest BCUT2D eigenvalue weighted by Gasteiger charge is 2.18. The second-order valence-corrected chi connectivity index (χ2v) is 16.5. The SMILES string of the molecule is c1ccc2cc(-c3c4ccccc4c(-c4ccc(-c5ccc6sc7c(ccc8c7ccc7sc9ccccc9c78)c6c5)cc4)c4ccccc34)ccc2c1. The Kier molecular flexibility index (Phi) is 6.48. The van der Waals surface area contributed by atoms with Crippen molar-refractivity contribution in [3.8, 4) is 33.4 Å². The summed E-state index contributed by atoms with van der Waals surface area (Å²) in [6, 6.07) is 67.8. The van der Waals surface area contributed by atoms with Crippen molar-refractivity contribution in [2.45, 2.75) is 0 Å². The summed E-state index contributed by atoms with van der Waals surface area (Å²) in [4.78, 5) is 0. The third kappa shape index (κ3) is 4.42. The van der Waals surface area contributed by atoms with Crippen molar-refractivity contribution in [2.24, 2.45) is 0 Å². The number of hydrogen-bond donors (Lipinski definition) is 0. The van der Waals surface area contributed by atoms with E-state index in [4.69, 9.17) is 0 Å². The quantitative estimate of drug-likeness (QED) is 0.160. The lowest BCUT2D eigenvalue weighted by Crippen LogP contribution is -1.91. The summed E-state index contributed by atoms with van der Waals surface area (Å²) in [6.45, 7) is 0. The summed E-state index contributed by atoms with van der Waals surface area (Å²) in [6.07, 6.45) is 0. The normalized spacial score (nSPS) is 12.1. The van der Waals surface area contributed by atoms with Gasteiger partial charge in [-0.25, -0.2) is 0 Å². The fourth-order valence-corrected chi connectivity index (χ4v) is 11.3. The van der Waals surface area contributed by atoms with Gasteiger partial charge >= 0.3 is 0 Å². The highest BCUT2D eigenvalue weighted by molar-refractivity contribution is 7.27. The lowest BCUT2D eigenvalue weighted by atomic mass is 9.85. The number of hydrogen-bond acceptors (Lipinski definition) is 2. The molecule has 2 aromatic heterocycles. The molecule has 0 unspecified atom stereocenters. The fourth-order valence-electron chi connectivity index (χ4n) is 8.97. The van der Waals surface area contributed by atoms with Crippen molar-refractivity contribution in [1.82, 2.24) is 0 Å². The maximum atomic E-state index is 2.40. The molecule has 12 aromatic rings. The van der Waals surface area contributed by atoms with Gasteiger partial charge in [-0.2, -0.15) is 0 Å². The van der Waals surface area contributed by atoms with E-state index in [2.05, 4.69) is 182 Å². The third-order valence-corrected chi connectivity index (χ3v) is 13.8. The highest BCUT2D eigenvalue weighted by Crippen LogP contribution is 2.46. The Morgan fingerprint density at radius 3 is 1.54 bits per heavy atom. The molecule has 0 nitrogen and oxygen atoms in total. The van der Waals surface area contributed by atoms with Crippen LogP contribution in [0.15, 0.2) is 182 Å². The molecular weight excluding hydrogens is 689 g/mol. The molecule has 0 spiro atoms. The maximum absolute atomic E-state index is 2.40. The van der Waals surface area contributed by atoms with Crippen LogP contribution in [0.25, 0.3) is 117 Å². The van der Waals surface area contributed by atoms with E-state index in [1.54, 1.807) is 0 Å². The van der Waals surface area contributed by atoms with Crippen molar-refractivity contribution < 1.29 is 0 Å². The fraction of sp³-hybridized carbons (Fsp3) is 0. The van der Waals surface area contributed by atoms with Gasteiger partial charge in [0.15, 0.2) is 0 Å². The van der Waals surface area contributed by atoms with Crippen LogP contribution in [0.3, 0.4) is 0 Å². The zero-order chi connectivity index (χ0) is 35.3. The molecule has 0 atom stereocenters. The Morgan fingerprint density at radius 2 is 0.778 bits per heavy atom.